The molecule has 1 amide bonds. The van der Waals surface area contributed by atoms with Gasteiger partial charge in [-0.25, -0.2) is 4.98 Å². The predicted octanol–water partition coefficient (Wildman–Crippen LogP) is 1.70. The minimum absolute atomic E-state index is 0.204. The zero-order valence-electron chi connectivity index (χ0n) is 12.4. The molecule has 0 unspecified atom stereocenters. The minimum atomic E-state index is -0.335. The van der Waals surface area contributed by atoms with Gasteiger partial charge in [0.15, 0.2) is 6.29 Å². The molecule has 0 atom stereocenters. The number of aldehydes is 1. The number of nitrogens with zero attached hydrogens (tertiary/aromatic N) is 1. The van der Waals surface area contributed by atoms with E-state index >= 15 is 0 Å². The number of carbonyl (C=O) groups is 2. The van der Waals surface area contributed by atoms with Crippen LogP contribution in [0.3, 0.4) is 0 Å². The fourth-order valence-corrected chi connectivity index (χ4v) is 1.28. The maximum absolute atomic E-state index is 11.3. The van der Waals surface area contributed by atoms with Gasteiger partial charge in [0.1, 0.15) is 5.56 Å². The summed E-state index contributed by atoms with van der Waals surface area (Å²) in [5.74, 6) is -0.131. The number of ether oxygens (including phenoxy) is 2. The highest BCUT2D eigenvalue weighted by molar-refractivity contribution is 5.97. The number of aromatic nitrogens is 1. The molecule has 0 radical (unpaired) electrons. The van der Waals surface area contributed by atoms with Crippen LogP contribution < -0.4 is 10.1 Å². The van der Waals surface area contributed by atoms with Crippen molar-refractivity contribution in [3.05, 3.63) is 23.4 Å². The zero-order chi connectivity index (χ0) is 15.4. The average Bonchev–Trinajstić information content (AvgIpc) is 2.51. The second kappa shape index (κ2) is 10.9. The smallest absolute Gasteiger partial charge is 0.256 e. The summed E-state index contributed by atoms with van der Waals surface area (Å²) >= 11 is 0. The van der Waals surface area contributed by atoms with Crippen LogP contribution in [0.25, 0.3) is 0 Å². The van der Waals surface area contributed by atoms with Gasteiger partial charge in [-0.2, -0.15) is 0 Å². The maximum atomic E-state index is 11.3. The molecule has 0 fully saturated rings. The third-order valence-corrected chi connectivity index (χ3v) is 2.38. The van der Waals surface area contributed by atoms with Crippen LogP contribution in [-0.2, 0) is 4.74 Å². The van der Waals surface area contributed by atoms with Gasteiger partial charge in [0, 0.05) is 32.5 Å². The highest BCUT2D eigenvalue weighted by Crippen LogP contribution is 2.14. The average molecular weight is 282 g/mol. The molecule has 0 saturated carbocycles. The van der Waals surface area contributed by atoms with Crippen molar-refractivity contribution in [2.24, 2.45) is 0 Å². The molecule has 1 N–H and O–H groups in total. The normalized spacial score (nSPS) is 9.20. The topological polar surface area (TPSA) is 77.5 Å². The standard InChI is InChI=1S/C9H10N2O3.C5H12O/c1-10-8(13)7-3-6(5-12)4-11-9(7)14-2;1-3-4-5-6-2/h3-5H,1-2H3,(H,10,13);3-5H2,1-2H3. The van der Waals surface area contributed by atoms with E-state index in [1.807, 2.05) is 0 Å². The van der Waals surface area contributed by atoms with E-state index in [1.54, 1.807) is 7.11 Å². The lowest BCUT2D eigenvalue weighted by molar-refractivity contribution is 0.0959. The monoisotopic (exact) mass is 282 g/mol. The molecule has 20 heavy (non-hydrogen) atoms. The van der Waals surface area contributed by atoms with Crippen molar-refractivity contribution in [1.82, 2.24) is 10.3 Å². The third kappa shape index (κ3) is 6.29. The summed E-state index contributed by atoms with van der Waals surface area (Å²) in [6, 6.07) is 1.43. The summed E-state index contributed by atoms with van der Waals surface area (Å²) in [5.41, 5.74) is 0.587. The first kappa shape index (κ1) is 18.0. The largest absolute Gasteiger partial charge is 0.480 e. The Morgan fingerprint density at radius 2 is 2.15 bits per heavy atom. The molecule has 1 aromatic heterocycles. The SMILES string of the molecule is CCCCOC.CNC(=O)c1cc(C=O)cnc1OC. The van der Waals surface area contributed by atoms with Gasteiger partial charge in [0.2, 0.25) is 5.88 Å². The number of amides is 1. The molecule has 0 aliphatic carbocycles. The zero-order valence-corrected chi connectivity index (χ0v) is 12.4. The van der Waals surface area contributed by atoms with Gasteiger partial charge in [-0.1, -0.05) is 13.3 Å². The summed E-state index contributed by atoms with van der Waals surface area (Å²) in [7, 11) is 4.64. The van der Waals surface area contributed by atoms with Crippen LogP contribution in [0.2, 0.25) is 0 Å². The molecular weight excluding hydrogens is 260 g/mol. The molecule has 0 saturated heterocycles. The Balaban J connectivity index is 0.000000511. The Kier molecular flexibility index (Phi) is 9.86. The summed E-state index contributed by atoms with van der Waals surface area (Å²) in [5, 5.41) is 2.43. The van der Waals surface area contributed by atoms with E-state index in [9.17, 15) is 9.59 Å². The first-order valence-electron chi connectivity index (χ1n) is 6.34. The number of carbonyl (C=O) groups excluding carboxylic acids is 2. The maximum Gasteiger partial charge on any atom is 0.256 e. The molecule has 0 aromatic carbocycles. The van der Waals surface area contributed by atoms with E-state index in [0.29, 0.717) is 11.8 Å². The molecule has 0 spiro atoms. The second-order valence-corrected chi connectivity index (χ2v) is 3.87. The van der Waals surface area contributed by atoms with Gasteiger partial charge in [0.25, 0.3) is 5.91 Å². The minimum Gasteiger partial charge on any atom is -0.480 e. The highest BCUT2D eigenvalue weighted by Gasteiger charge is 2.12. The third-order valence-electron chi connectivity index (χ3n) is 2.38. The molecule has 6 heteroatoms. The van der Waals surface area contributed by atoms with Crippen LogP contribution >= 0.6 is 0 Å². The number of hydrogen-bond donors (Lipinski definition) is 1. The fourth-order valence-electron chi connectivity index (χ4n) is 1.28. The lowest BCUT2D eigenvalue weighted by atomic mass is 10.2. The first-order valence-corrected chi connectivity index (χ1v) is 6.34. The molecule has 112 valence electrons. The molecule has 0 bridgehead atoms. The summed E-state index contributed by atoms with van der Waals surface area (Å²) in [6.45, 7) is 3.07. The van der Waals surface area contributed by atoms with Gasteiger partial charge < -0.3 is 14.8 Å². The molecule has 1 rings (SSSR count). The molecule has 1 heterocycles. The lowest BCUT2D eigenvalue weighted by Crippen LogP contribution is -2.19. The summed E-state index contributed by atoms with van der Waals surface area (Å²) in [4.78, 5) is 25.6. The van der Waals surface area contributed by atoms with Gasteiger partial charge in [-0.15, -0.1) is 0 Å². The molecule has 0 aliphatic rings. The van der Waals surface area contributed by atoms with Crippen molar-refractivity contribution >= 4 is 12.2 Å². The van der Waals surface area contributed by atoms with Crippen molar-refractivity contribution in [2.75, 3.05) is 27.9 Å². The Morgan fingerprint density at radius 3 is 2.55 bits per heavy atom. The van der Waals surface area contributed by atoms with Crippen LogP contribution in [-0.4, -0.2) is 45.1 Å². The Bertz CT molecular complexity index is 418. The number of unbranched alkanes of at least 4 members (excludes halogenated alkanes) is 1. The fraction of sp³-hybridized carbons (Fsp3) is 0.500. The number of nitrogens with one attached hydrogen (secondary N) is 1. The Hall–Kier alpha value is -1.95. The Labute approximate surface area is 119 Å². The number of rotatable bonds is 6. The van der Waals surface area contributed by atoms with Crippen molar-refractivity contribution < 1.29 is 19.1 Å². The number of methoxy groups -OCH3 is 2. The van der Waals surface area contributed by atoms with Crippen LogP contribution in [0, 0.1) is 0 Å². The van der Waals surface area contributed by atoms with Crippen molar-refractivity contribution in [1.29, 1.82) is 0 Å². The van der Waals surface area contributed by atoms with Crippen molar-refractivity contribution in [3.63, 3.8) is 0 Å². The highest BCUT2D eigenvalue weighted by atomic mass is 16.5. The molecular formula is C14H22N2O4. The first-order chi connectivity index (χ1) is 9.64. The predicted molar refractivity (Wildman–Crippen MR) is 76.4 cm³/mol. The van der Waals surface area contributed by atoms with Gasteiger partial charge in [0.05, 0.1) is 7.11 Å². The Morgan fingerprint density at radius 1 is 1.45 bits per heavy atom. The molecule has 1 aromatic rings. The van der Waals surface area contributed by atoms with Gasteiger partial charge in [-0.05, 0) is 12.5 Å². The molecule has 0 aliphatic heterocycles. The van der Waals surface area contributed by atoms with Crippen molar-refractivity contribution in [2.45, 2.75) is 19.8 Å². The van der Waals surface area contributed by atoms with Crippen LogP contribution in [0.4, 0.5) is 0 Å². The van der Waals surface area contributed by atoms with Crippen molar-refractivity contribution in [3.8, 4) is 5.88 Å². The van der Waals surface area contributed by atoms with Crippen LogP contribution in [0.5, 0.6) is 5.88 Å². The lowest BCUT2D eigenvalue weighted by Gasteiger charge is -2.05. The summed E-state index contributed by atoms with van der Waals surface area (Å²) in [6.07, 6.45) is 4.39. The van der Waals surface area contributed by atoms with Gasteiger partial charge >= 0.3 is 0 Å². The van der Waals surface area contributed by atoms with E-state index < -0.39 is 0 Å². The quantitative estimate of drug-likeness (QED) is 0.634. The summed E-state index contributed by atoms with van der Waals surface area (Å²) < 4.78 is 9.66. The van der Waals surface area contributed by atoms with E-state index in [-0.39, 0.29) is 17.4 Å². The number of hydrogen-bond acceptors (Lipinski definition) is 5. The second-order valence-electron chi connectivity index (χ2n) is 3.87. The van der Waals surface area contributed by atoms with E-state index in [4.69, 9.17) is 9.47 Å². The van der Waals surface area contributed by atoms with Crippen LogP contribution in [0.1, 0.15) is 40.5 Å². The van der Waals surface area contributed by atoms with E-state index in [1.165, 1.54) is 39.3 Å². The van der Waals surface area contributed by atoms with Crippen LogP contribution in [0.15, 0.2) is 12.3 Å². The van der Waals surface area contributed by atoms with E-state index in [0.717, 1.165) is 6.61 Å². The van der Waals surface area contributed by atoms with E-state index in [2.05, 4.69) is 17.2 Å². The molecule has 6 nitrogen and oxygen atoms in total. The number of pyridine rings is 1. The van der Waals surface area contributed by atoms with Gasteiger partial charge in [-0.3, -0.25) is 9.59 Å².